The lowest BCUT2D eigenvalue weighted by Crippen LogP contribution is -2.42. The first-order chi connectivity index (χ1) is 14.8. The maximum Gasteiger partial charge on any atom is 0.309 e. The maximum atomic E-state index is 13.6. The maximum absolute atomic E-state index is 13.6. The number of amides is 1. The smallest absolute Gasteiger partial charge is 0.309 e. The molecule has 0 radical (unpaired) electrons. The fourth-order valence-electron chi connectivity index (χ4n) is 3.94. The minimum Gasteiger partial charge on any atom is -0.469 e. The number of Topliss-reactive ketones (excluding diaryl/α,β-unsaturated/α-hetero) is 1. The molecule has 5 nitrogen and oxygen atoms in total. The number of carbonyl (C=O) groups is 3. The van der Waals surface area contributed by atoms with Crippen LogP contribution in [-0.2, 0) is 14.3 Å². The topological polar surface area (TPSA) is 72.5 Å². The molecule has 1 N–H and O–H groups in total. The summed E-state index contributed by atoms with van der Waals surface area (Å²) in [7, 11) is 1.29. The van der Waals surface area contributed by atoms with Crippen LogP contribution < -0.4 is 5.32 Å². The molecular weight excluding hydrogens is 472 g/mol. The Morgan fingerprint density at radius 1 is 1.00 bits per heavy atom. The summed E-state index contributed by atoms with van der Waals surface area (Å²) < 4.78 is 32.5. The summed E-state index contributed by atoms with van der Waals surface area (Å²) >= 11 is 3.34. The second kappa shape index (κ2) is 10.1. The van der Waals surface area contributed by atoms with Gasteiger partial charge >= 0.3 is 5.97 Å². The van der Waals surface area contributed by atoms with Gasteiger partial charge in [0.2, 0.25) is 0 Å². The Morgan fingerprint density at radius 3 is 2.26 bits per heavy atom. The third-order valence-electron chi connectivity index (χ3n) is 5.58. The summed E-state index contributed by atoms with van der Waals surface area (Å²) in [5.41, 5.74) is 0.417. The standard InChI is InChI=1S/C23H22BrF2NO4/c1-31-23(30)17-5-3-2-4-16(17)21(28)20(13-6-9-15(24)10-7-13)27-22(29)14-8-11-18(25)19(26)12-14/h6-12,16-17,20H,2-5H2,1H3,(H,27,29)/t16-,17-,20?/m1/s1. The van der Waals surface area contributed by atoms with Crippen molar-refractivity contribution >= 4 is 33.6 Å². The normalized spacial score (nSPS) is 19.4. The van der Waals surface area contributed by atoms with Crippen molar-refractivity contribution in [3.05, 3.63) is 69.7 Å². The molecule has 1 fully saturated rings. The molecule has 1 aliphatic carbocycles. The third kappa shape index (κ3) is 5.36. The summed E-state index contributed by atoms with van der Waals surface area (Å²) in [5.74, 6) is -4.89. The van der Waals surface area contributed by atoms with Gasteiger partial charge < -0.3 is 10.1 Å². The van der Waals surface area contributed by atoms with Crippen LogP contribution in [0.4, 0.5) is 8.78 Å². The lowest BCUT2D eigenvalue weighted by atomic mass is 9.74. The molecule has 8 heteroatoms. The van der Waals surface area contributed by atoms with E-state index in [9.17, 15) is 23.2 Å². The number of benzene rings is 2. The molecule has 1 saturated carbocycles. The number of ether oxygens (including phenoxy) is 1. The van der Waals surface area contributed by atoms with E-state index < -0.39 is 41.4 Å². The van der Waals surface area contributed by atoms with Gasteiger partial charge in [-0.05, 0) is 48.7 Å². The van der Waals surface area contributed by atoms with Crippen molar-refractivity contribution in [3.8, 4) is 0 Å². The number of hydrogen-bond acceptors (Lipinski definition) is 4. The molecule has 0 saturated heterocycles. The van der Waals surface area contributed by atoms with E-state index in [1.165, 1.54) is 7.11 Å². The molecule has 1 aliphatic rings. The zero-order valence-electron chi connectivity index (χ0n) is 16.9. The lowest BCUT2D eigenvalue weighted by molar-refractivity contribution is -0.152. The van der Waals surface area contributed by atoms with Crippen LogP contribution in [0, 0.1) is 23.5 Å². The Morgan fingerprint density at radius 2 is 1.65 bits per heavy atom. The molecular formula is C23H22BrF2NO4. The van der Waals surface area contributed by atoms with Gasteiger partial charge in [-0.3, -0.25) is 14.4 Å². The Labute approximate surface area is 187 Å². The number of halogens is 3. The fourth-order valence-corrected chi connectivity index (χ4v) is 4.21. The van der Waals surface area contributed by atoms with Gasteiger partial charge in [-0.15, -0.1) is 0 Å². The summed E-state index contributed by atoms with van der Waals surface area (Å²) in [6, 6.07) is 8.58. The van der Waals surface area contributed by atoms with Crippen molar-refractivity contribution in [1.82, 2.24) is 5.32 Å². The average molecular weight is 494 g/mol. The van der Waals surface area contributed by atoms with Gasteiger partial charge in [-0.2, -0.15) is 0 Å². The highest BCUT2D eigenvalue weighted by atomic mass is 79.9. The number of rotatable bonds is 6. The van der Waals surface area contributed by atoms with Crippen molar-refractivity contribution in [2.24, 2.45) is 11.8 Å². The second-order valence-electron chi connectivity index (χ2n) is 7.51. The molecule has 1 unspecified atom stereocenters. The molecule has 164 valence electrons. The van der Waals surface area contributed by atoms with Crippen molar-refractivity contribution in [2.45, 2.75) is 31.7 Å². The highest BCUT2D eigenvalue weighted by Gasteiger charge is 2.40. The van der Waals surface area contributed by atoms with E-state index in [1.54, 1.807) is 24.3 Å². The number of hydrogen-bond donors (Lipinski definition) is 1. The van der Waals surface area contributed by atoms with Crippen molar-refractivity contribution in [1.29, 1.82) is 0 Å². The van der Waals surface area contributed by atoms with Crippen LogP contribution in [0.5, 0.6) is 0 Å². The van der Waals surface area contributed by atoms with E-state index in [0.717, 1.165) is 35.5 Å². The highest BCUT2D eigenvalue weighted by Crippen LogP contribution is 2.35. The second-order valence-corrected chi connectivity index (χ2v) is 8.43. The minimum absolute atomic E-state index is 0.109. The number of carbonyl (C=O) groups excluding carboxylic acids is 3. The summed E-state index contributed by atoms with van der Waals surface area (Å²) in [6.07, 6.45) is 2.64. The molecule has 0 heterocycles. The van der Waals surface area contributed by atoms with Gasteiger partial charge in [0.25, 0.3) is 5.91 Å². The first-order valence-electron chi connectivity index (χ1n) is 9.94. The van der Waals surface area contributed by atoms with E-state index in [-0.39, 0.29) is 11.3 Å². The Bertz CT molecular complexity index is 980. The molecule has 0 bridgehead atoms. The fraction of sp³-hybridized carbons (Fsp3) is 0.348. The van der Waals surface area contributed by atoms with E-state index in [0.29, 0.717) is 18.4 Å². The van der Waals surface area contributed by atoms with Gasteiger partial charge in [0, 0.05) is 16.0 Å². The molecule has 3 rings (SSSR count). The molecule has 2 aromatic carbocycles. The number of methoxy groups -OCH3 is 1. The molecule has 1 amide bonds. The zero-order valence-corrected chi connectivity index (χ0v) is 18.5. The Balaban J connectivity index is 1.93. The Kier molecular flexibility index (Phi) is 7.54. The monoisotopic (exact) mass is 493 g/mol. The van der Waals surface area contributed by atoms with Crippen LogP contribution >= 0.6 is 15.9 Å². The number of esters is 1. The van der Waals surface area contributed by atoms with Crippen LogP contribution in [0.25, 0.3) is 0 Å². The minimum atomic E-state index is -1.16. The SMILES string of the molecule is COC(=O)[C@@H]1CCCC[C@H]1C(=O)C(NC(=O)c1ccc(F)c(F)c1)c1ccc(Br)cc1. The summed E-state index contributed by atoms with van der Waals surface area (Å²) in [6.45, 7) is 0. The highest BCUT2D eigenvalue weighted by molar-refractivity contribution is 9.10. The largest absolute Gasteiger partial charge is 0.469 e. The third-order valence-corrected chi connectivity index (χ3v) is 6.11. The zero-order chi connectivity index (χ0) is 22.5. The quantitative estimate of drug-likeness (QED) is 0.589. The molecule has 31 heavy (non-hydrogen) atoms. The number of ketones is 1. The van der Waals surface area contributed by atoms with Crippen LogP contribution in [0.2, 0.25) is 0 Å². The van der Waals surface area contributed by atoms with Gasteiger partial charge in [0.15, 0.2) is 17.4 Å². The van der Waals surface area contributed by atoms with Crippen LogP contribution in [0.1, 0.15) is 47.6 Å². The summed E-state index contributed by atoms with van der Waals surface area (Å²) in [5, 5.41) is 2.65. The predicted octanol–water partition coefficient (Wildman–Crippen LogP) is 4.75. The molecule has 0 aliphatic heterocycles. The van der Waals surface area contributed by atoms with Crippen LogP contribution in [0.15, 0.2) is 46.9 Å². The van der Waals surface area contributed by atoms with E-state index in [2.05, 4.69) is 21.2 Å². The van der Waals surface area contributed by atoms with Gasteiger partial charge in [-0.25, -0.2) is 8.78 Å². The van der Waals surface area contributed by atoms with Gasteiger partial charge in [0.05, 0.1) is 13.0 Å². The predicted molar refractivity (Wildman–Crippen MR) is 113 cm³/mol. The van der Waals surface area contributed by atoms with Gasteiger partial charge in [0.1, 0.15) is 6.04 Å². The van der Waals surface area contributed by atoms with E-state index in [4.69, 9.17) is 4.74 Å². The van der Waals surface area contributed by atoms with Crippen molar-refractivity contribution in [3.63, 3.8) is 0 Å². The average Bonchev–Trinajstić information content (AvgIpc) is 2.78. The van der Waals surface area contributed by atoms with Crippen LogP contribution in [-0.4, -0.2) is 24.8 Å². The van der Waals surface area contributed by atoms with Crippen molar-refractivity contribution < 1.29 is 27.9 Å². The van der Waals surface area contributed by atoms with Gasteiger partial charge in [-0.1, -0.05) is 40.9 Å². The molecule has 0 aromatic heterocycles. The molecule has 2 aromatic rings. The van der Waals surface area contributed by atoms with Crippen molar-refractivity contribution in [2.75, 3.05) is 7.11 Å². The molecule has 3 atom stereocenters. The van der Waals surface area contributed by atoms with E-state index in [1.807, 2.05) is 0 Å². The first kappa shape index (κ1) is 23.1. The number of nitrogens with one attached hydrogen (secondary N) is 1. The lowest BCUT2D eigenvalue weighted by Gasteiger charge is -2.31. The molecule has 0 spiro atoms. The first-order valence-corrected chi connectivity index (χ1v) is 10.7. The summed E-state index contributed by atoms with van der Waals surface area (Å²) in [4.78, 5) is 38.6. The van der Waals surface area contributed by atoms with E-state index >= 15 is 0 Å². The Hall–Kier alpha value is -2.61. The van der Waals surface area contributed by atoms with Crippen LogP contribution in [0.3, 0.4) is 0 Å².